The summed E-state index contributed by atoms with van der Waals surface area (Å²) in [6.45, 7) is 6.55. The molecule has 2 fully saturated rings. The van der Waals surface area contributed by atoms with Gasteiger partial charge in [-0.1, -0.05) is 6.42 Å². The normalized spacial score (nSPS) is 25.9. The van der Waals surface area contributed by atoms with E-state index in [2.05, 4.69) is 16.3 Å². The van der Waals surface area contributed by atoms with Crippen molar-refractivity contribution in [3.63, 3.8) is 0 Å². The van der Waals surface area contributed by atoms with Crippen LogP contribution >= 0.6 is 0 Å². The summed E-state index contributed by atoms with van der Waals surface area (Å²) in [5.74, 6) is 0.786. The third-order valence-electron chi connectivity index (χ3n) is 4.58. The molecule has 3 rings (SSSR count). The van der Waals surface area contributed by atoms with Gasteiger partial charge in [0.25, 0.3) is 0 Å². The molecule has 116 valence electrons. The minimum Gasteiger partial charge on any atom is -0.489 e. The molecule has 2 heterocycles. The van der Waals surface area contributed by atoms with Gasteiger partial charge in [0.1, 0.15) is 5.75 Å². The van der Waals surface area contributed by atoms with Gasteiger partial charge >= 0.3 is 0 Å². The molecule has 0 aliphatic carbocycles. The van der Waals surface area contributed by atoms with Crippen molar-refractivity contribution in [2.24, 2.45) is 0 Å². The standard InChI is InChI=1S/C17H27N3O/c1-12(2)21-17-11-13(6-7-14(17)18)19-15-8-10-20-9-4-3-5-16(15)20/h6-7,11-12,15-16,19H,3-5,8-10,18H2,1-2H3. The summed E-state index contributed by atoms with van der Waals surface area (Å²) in [6, 6.07) is 7.30. The molecule has 4 nitrogen and oxygen atoms in total. The molecular formula is C17H27N3O. The SMILES string of the molecule is CC(C)Oc1cc(NC2CCN3CCCCC23)ccc1N. The highest BCUT2D eigenvalue weighted by Crippen LogP contribution is 2.32. The molecule has 0 amide bonds. The quantitative estimate of drug-likeness (QED) is 0.836. The zero-order valence-corrected chi connectivity index (χ0v) is 13.1. The zero-order chi connectivity index (χ0) is 14.8. The molecule has 0 spiro atoms. The van der Waals surface area contributed by atoms with Gasteiger partial charge in [-0.05, 0) is 51.8 Å². The first-order valence-corrected chi connectivity index (χ1v) is 8.20. The maximum atomic E-state index is 5.99. The van der Waals surface area contributed by atoms with Gasteiger partial charge in [-0.15, -0.1) is 0 Å². The number of nitrogens with zero attached hydrogens (tertiary/aromatic N) is 1. The van der Waals surface area contributed by atoms with Gasteiger partial charge in [0.05, 0.1) is 11.8 Å². The molecule has 2 saturated heterocycles. The van der Waals surface area contributed by atoms with E-state index in [9.17, 15) is 0 Å². The summed E-state index contributed by atoms with van der Waals surface area (Å²) in [4.78, 5) is 2.64. The maximum absolute atomic E-state index is 5.99. The van der Waals surface area contributed by atoms with Crippen molar-refractivity contribution in [2.45, 2.75) is 57.7 Å². The maximum Gasteiger partial charge on any atom is 0.144 e. The lowest BCUT2D eigenvalue weighted by Gasteiger charge is -2.33. The highest BCUT2D eigenvalue weighted by atomic mass is 16.5. The van der Waals surface area contributed by atoms with Crippen molar-refractivity contribution in [3.8, 4) is 5.75 Å². The summed E-state index contributed by atoms with van der Waals surface area (Å²) in [6.07, 6.45) is 5.42. The number of benzene rings is 1. The van der Waals surface area contributed by atoms with E-state index in [0.29, 0.717) is 17.8 Å². The van der Waals surface area contributed by atoms with Crippen LogP contribution in [0.3, 0.4) is 0 Å². The summed E-state index contributed by atoms with van der Waals surface area (Å²) in [5, 5.41) is 3.70. The van der Waals surface area contributed by atoms with E-state index in [0.717, 1.165) is 11.4 Å². The Bertz CT molecular complexity index is 489. The Balaban J connectivity index is 1.70. The third-order valence-corrected chi connectivity index (χ3v) is 4.58. The lowest BCUT2D eigenvalue weighted by molar-refractivity contribution is 0.192. The van der Waals surface area contributed by atoms with Crippen molar-refractivity contribution < 1.29 is 4.74 Å². The van der Waals surface area contributed by atoms with Gasteiger partial charge in [-0.2, -0.15) is 0 Å². The highest BCUT2D eigenvalue weighted by Gasteiger charge is 2.35. The molecule has 1 aromatic carbocycles. The molecule has 2 aliphatic heterocycles. The lowest BCUT2D eigenvalue weighted by atomic mass is 9.99. The van der Waals surface area contributed by atoms with Crippen molar-refractivity contribution >= 4 is 11.4 Å². The predicted octanol–water partition coefficient (Wildman–Crippen LogP) is 3.09. The lowest BCUT2D eigenvalue weighted by Crippen LogP contribution is -2.41. The molecule has 0 aromatic heterocycles. The summed E-state index contributed by atoms with van der Waals surface area (Å²) >= 11 is 0. The van der Waals surface area contributed by atoms with Crippen LogP contribution < -0.4 is 15.8 Å². The molecule has 0 radical (unpaired) electrons. The van der Waals surface area contributed by atoms with Crippen molar-refractivity contribution in [1.29, 1.82) is 0 Å². The molecule has 21 heavy (non-hydrogen) atoms. The van der Waals surface area contributed by atoms with Crippen LogP contribution in [-0.4, -0.2) is 36.2 Å². The number of hydrogen-bond acceptors (Lipinski definition) is 4. The van der Waals surface area contributed by atoms with Gasteiger partial charge in [-0.3, -0.25) is 4.90 Å². The van der Waals surface area contributed by atoms with E-state index in [4.69, 9.17) is 10.5 Å². The first-order valence-electron chi connectivity index (χ1n) is 8.20. The smallest absolute Gasteiger partial charge is 0.144 e. The predicted molar refractivity (Wildman–Crippen MR) is 87.9 cm³/mol. The molecule has 0 saturated carbocycles. The van der Waals surface area contributed by atoms with Crippen LogP contribution in [0.4, 0.5) is 11.4 Å². The van der Waals surface area contributed by atoms with Crippen LogP contribution in [0.15, 0.2) is 18.2 Å². The number of anilines is 2. The fourth-order valence-electron chi connectivity index (χ4n) is 3.61. The van der Waals surface area contributed by atoms with Gasteiger partial charge in [0, 0.05) is 30.4 Å². The number of nitrogens with one attached hydrogen (secondary N) is 1. The second-order valence-corrected chi connectivity index (χ2v) is 6.56. The average molecular weight is 289 g/mol. The van der Waals surface area contributed by atoms with E-state index < -0.39 is 0 Å². The van der Waals surface area contributed by atoms with Crippen LogP contribution in [0.2, 0.25) is 0 Å². The van der Waals surface area contributed by atoms with Crippen LogP contribution in [0.1, 0.15) is 39.5 Å². The Morgan fingerprint density at radius 1 is 1.24 bits per heavy atom. The number of rotatable bonds is 4. The number of ether oxygens (including phenoxy) is 1. The van der Waals surface area contributed by atoms with Crippen LogP contribution in [-0.2, 0) is 0 Å². The molecule has 2 unspecified atom stereocenters. The van der Waals surface area contributed by atoms with Crippen LogP contribution in [0, 0.1) is 0 Å². The molecule has 4 heteroatoms. The molecular weight excluding hydrogens is 262 g/mol. The number of nitrogens with two attached hydrogens (primary N) is 1. The summed E-state index contributed by atoms with van der Waals surface area (Å²) in [5.41, 5.74) is 7.82. The Kier molecular flexibility index (Phi) is 4.24. The first kappa shape index (κ1) is 14.5. The fourth-order valence-corrected chi connectivity index (χ4v) is 3.61. The third kappa shape index (κ3) is 3.26. The fraction of sp³-hybridized carbons (Fsp3) is 0.647. The van der Waals surface area contributed by atoms with Gasteiger partial charge in [0.15, 0.2) is 0 Å². The molecule has 3 N–H and O–H groups in total. The Hall–Kier alpha value is -1.42. The van der Waals surface area contributed by atoms with E-state index in [-0.39, 0.29) is 6.10 Å². The number of hydrogen-bond donors (Lipinski definition) is 2. The number of fused-ring (bicyclic) bond motifs is 1. The van der Waals surface area contributed by atoms with E-state index in [1.807, 2.05) is 26.0 Å². The second-order valence-electron chi connectivity index (χ2n) is 6.56. The monoisotopic (exact) mass is 289 g/mol. The first-order chi connectivity index (χ1) is 10.1. The van der Waals surface area contributed by atoms with E-state index in [1.165, 1.54) is 38.8 Å². The Morgan fingerprint density at radius 3 is 2.90 bits per heavy atom. The van der Waals surface area contributed by atoms with Crippen LogP contribution in [0.25, 0.3) is 0 Å². The largest absolute Gasteiger partial charge is 0.489 e. The Morgan fingerprint density at radius 2 is 2.10 bits per heavy atom. The van der Waals surface area contributed by atoms with Gasteiger partial charge < -0.3 is 15.8 Å². The van der Waals surface area contributed by atoms with Gasteiger partial charge in [0.2, 0.25) is 0 Å². The minimum atomic E-state index is 0.142. The number of nitrogen functional groups attached to an aromatic ring is 1. The van der Waals surface area contributed by atoms with Crippen LogP contribution in [0.5, 0.6) is 5.75 Å². The van der Waals surface area contributed by atoms with E-state index in [1.54, 1.807) is 0 Å². The zero-order valence-electron chi connectivity index (χ0n) is 13.1. The molecule has 1 aromatic rings. The Labute approximate surface area is 127 Å². The van der Waals surface area contributed by atoms with Gasteiger partial charge in [-0.25, -0.2) is 0 Å². The highest BCUT2D eigenvalue weighted by molar-refractivity contribution is 5.61. The van der Waals surface area contributed by atoms with Crippen molar-refractivity contribution in [2.75, 3.05) is 24.1 Å². The topological polar surface area (TPSA) is 50.5 Å². The summed E-state index contributed by atoms with van der Waals surface area (Å²) in [7, 11) is 0. The van der Waals surface area contributed by atoms with Crippen molar-refractivity contribution in [3.05, 3.63) is 18.2 Å². The molecule has 0 bridgehead atoms. The van der Waals surface area contributed by atoms with Crippen molar-refractivity contribution in [1.82, 2.24) is 4.90 Å². The number of piperidine rings is 1. The second kappa shape index (κ2) is 6.14. The molecule has 2 atom stereocenters. The summed E-state index contributed by atoms with van der Waals surface area (Å²) < 4.78 is 5.78. The average Bonchev–Trinajstić information content (AvgIpc) is 2.85. The van der Waals surface area contributed by atoms with E-state index >= 15 is 0 Å². The minimum absolute atomic E-state index is 0.142. The molecule has 2 aliphatic rings.